The van der Waals surface area contributed by atoms with Gasteiger partial charge in [0.05, 0.1) is 10.6 Å². The van der Waals surface area contributed by atoms with E-state index in [1.165, 1.54) is 37.3 Å². The summed E-state index contributed by atoms with van der Waals surface area (Å²) in [5, 5.41) is 2.85. The summed E-state index contributed by atoms with van der Waals surface area (Å²) in [7, 11) is -3.56. The van der Waals surface area contributed by atoms with Gasteiger partial charge >= 0.3 is 6.36 Å². The molecule has 1 N–H and O–H groups in total. The molecule has 1 aliphatic heterocycles. The molecule has 3 rings (SSSR count). The van der Waals surface area contributed by atoms with Crippen molar-refractivity contribution in [2.75, 3.05) is 18.8 Å². The molecule has 0 spiro atoms. The number of sulfone groups is 1. The Labute approximate surface area is 202 Å². The quantitative estimate of drug-likeness (QED) is 0.535. The number of nitrogens with zero attached hydrogens (tertiary/aromatic N) is 1. The van der Waals surface area contributed by atoms with E-state index in [2.05, 4.69) is 15.0 Å². The Balaban J connectivity index is 1.81. The molecule has 1 aliphatic rings. The number of hydrogen-bond donors (Lipinski definition) is 1. The average Bonchev–Trinajstić information content (AvgIpc) is 2.78. The van der Waals surface area contributed by atoms with Crippen LogP contribution in [0.1, 0.15) is 47.7 Å². The molecule has 0 bridgehead atoms. The number of amides is 1. The number of likely N-dealkylation sites (tertiary alicyclic amines) is 1. The molecule has 0 unspecified atom stereocenters. The minimum Gasteiger partial charge on any atom is -0.405 e. The third-order valence-corrected chi connectivity index (χ3v) is 7.64. The fourth-order valence-electron chi connectivity index (χ4n) is 3.83. The largest absolute Gasteiger partial charge is 0.573 e. The second-order valence-electron chi connectivity index (χ2n) is 8.05. The predicted octanol–water partition coefficient (Wildman–Crippen LogP) is 4.95. The van der Waals surface area contributed by atoms with Gasteiger partial charge in [0.15, 0.2) is 9.84 Å². The van der Waals surface area contributed by atoms with Crippen molar-refractivity contribution in [3.05, 3.63) is 58.1 Å². The average molecular weight is 519 g/mol. The van der Waals surface area contributed by atoms with Gasteiger partial charge in [0.2, 0.25) is 0 Å². The normalized spacial score (nSPS) is 15.2. The van der Waals surface area contributed by atoms with Crippen molar-refractivity contribution in [1.82, 2.24) is 10.2 Å². The van der Waals surface area contributed by atoms with Crippen molar-refractivity contribution in [2.45, 2.75) is 50.5 Å². The highest BCUT2D eigenvalue weighted by Gasteiger charge is 2.32. The van der Waals surface area contributed by atoms with E-state index in [1.807, 2.05) is 0 Å². The number of alkyl halides is 3. The van der Waals surface area contributed by atoms with Crippen LogP contribution in [-0.2, 0) is 22.9 Å². The first-order valence-electron chi connectivity index (χ1n) is 10.9. The van der Waals surface area contributed by atoms with E-state index in [0.29, 0.717) is 10.6 Å². The molecule has 1 saturated heterocycles. The topological polar surface area (TPSA) is 75.7 Å². The van der Waals surface area contributed by atoms with Crippen LogP contribution < -0.4 is 10.1 Å². The molecule has 186 valence electrons. The SMILES string of the molecule is CCS(=O)(=O)c1ccc(Cl)cc1CNC(=O)c1ccc(CN2CCCCC2)c(OC(F)(F)F)c1. The molecule has 6 nitrogen and oxygen atoms in total. The predicted molar refractivity (Wildman–Crippen MR) is 123 cm³/mol. The van der Waals surface area contributed by atoms with Crippen molar-refractivity contribution in [3.63, 3.8) is 0 Å². The molecule has 11 heteroatoms. The van der Waals surface area contributed by atoms with Gasteiger partial charge in [-0.1, -0.05) is 31.0 Å². The van der Waals surface area contributed by atoms with Crippen molar-refractivity contribution < 1.29 is 31.1 Å². The molecule has 2 aromatic carbocycles. The zero-order valence-electron chi connectivity index (χ0n) is 18.6. The minimum absolute atomic E-state index is 0.0384. The number of carbonyl (C=O) groups is 1. The molecular formula is C23H26ClF3N2O4S. The van der Waals surface area contributed by atoms with Crippen LogP contribution in [0.3, 0.4) is 0 Å². The lowest BCUT2D eigenvalue weighted by Crippen LogP contribution is -2.30. The van der Waals surface area contributed by atoms with Crippen molar-refractivity contribution >= 4 is 27.3 Å². The van der Waals surface area contributed by atoms with Crippen LogP contribution in [0.25, 0.3) is 0 Å². The standard InChI is InChI=1S/C23H26ClF3N2O4S/c1-2-34(31,32)21-9-8-19(24)12-18(21)14-28-22(30)16-6-7-17(15-29-10-4-3-5-11-29)20(13-16)33-23(25,26)27/h6-9,12-13H,2-5,10-11,14-15H2,1H3,(H,28,30). The van der Waals surface area contributed by atoms with Gasteiger partial charge in [0, 0.05) is 29.2 Å². The van der Waals surface area contributed by atoms with Crippen LogP contribution in [0.5, 0.6) is 5.75 Å². The first kappa shape index (κ1) is 26.3. The van der Waals surface area contributed by atoms with E-state index in [1.54, 1.807) is 0 Å². The Morgan fingerprint density at radius 1 is 1.09 bits per heavy atom. The van der Waals surface area contributed by atoms with Gasteiger partial charge in [0.25, 0.3) is 5.91 Å². The lowest BCUT2D eigenvalue weighted by Gasteiger charge is -2.27. The summed E-state index contributed by atoms with van der Waals surface area (Å²) >= 11 is 5.99. The number of halogens is 4. The maximum Gasteiger partial charge on any atom is 0.573 e. The Bertz CT molecular complexity index is 1130. The van der Waals surface area contributed by atoms with E-state index in [9.17, 15) is 26.4 Å². The summed E-state index contributed by atoms with van der Waals surface area (Å²) in [6.45, 7) is 3.19. The highest BCUT2D eigenvalue weighted by atomic mass is 35.5. The van der Waals surface area contributed by atoms with Crippen LogP contribution in [0, 0.1) is 0 Å². The van der Waals surface area contributed by atoms with E-state index in [-0.39, 0.29) is 34.9 Å². The first-order valence-corrected chi connectivity index (χ1v) is 12.9. The van der Waals surface area contributed by atoms with Crippen molar-refractivity contribution in [1.29, 1.82) is 0 Å². The van der Waals surface area contributed by atoms with E-state index < -0.39 is 27.9 Å². The Morgan fingerprint density at radius 2 is 1.79 bits per heavy atom. The third kappa shape index (κ3) is 7.10. The van der Waals surface area contributed by atoms with E-state index in [4.69, 9.17) is 11.6 Å². The maximum absolute atomic E-state index is 13.0. The number of ether oxygens (including phenoxy) is 1. The van der Waals surface area contributed by atoms with Gasteiger partial charge in [-0.25, -0.2) is 8.42 Å². The minimum atomic E-state index is -4.91. The third-order valence-electron chi connectivity index (χ3n) is 5.57. The van der Waals surface area contributed by atoms with E-state index in [0.717, 1.165) is 38.4 Å². The second kappa shape index (κ2) is 11.0. The van der Waals surface area contributed by atoms with Crippen molar-refractivity contribution in [3.8, 4) is 5.75 Å². The van der Waals surface area contributed by atoms with Crippen LogP contribution in [-0.4, -0.2) is 44.4 Å². The lowest BCUT2D eigenvalue weighted by atomic mass is 10.1. The molecular weight excluding hydrogens is 493 g/mol. The highest BCUT2D eigenvalue weighted by molar-refractivity contribution is 7.91. The fraction of sp³-hybridized carbons (Fsp3) is 0.435. The van der Waals surface area contributed by atoms with Gasteiger partial charge in [-0.05, 0) is 61.8 Å². The molecule has 1 fully saturated rings. The lowest BCUT2D eigenvalue weighted by molar-refractivity contribution is -0.275. The Kier molecular flexibility index (Phi) is 8.48. The van der Waals surface area contributed by atoms with Crippen LogP contribution in [0.15, 0.2) is 41.3 Å². The molecule has 34 heavy (non-hydrogen) atoms. The van der Waals surface area contributed by atoms with Crippen molar-refractivity contribution in [2.24, 2.45) is 0 Å². The van der Waals surface area contributed by atoms with Gasteiger partial charge in [0.1, 0.15) is 5.75 Å². The monoisotopic (exact) mass is 518 g/mol. The van der Waals surface area contributed by atoms with E-state index >= 15 is 0 Å². The summed E-state index contributed by atoms with van der Waals surface area (Å²) in [6.07, 6.45) is -1.85. The highest BCUT2D eigenvalue weighted by Crippen LogP contribution is 2.29. The summed E-state index contributed by atoms with van der Waals surface area (Å²) in [6, 6.07) is 8.19. The summed E-state index contributed by atoms with van der Waals surface area (Å²) in [5.41, 5.74) is 0.585. The Hall–Kier alpha value is -2.30. The molecule has 0 radical (unpaired) electrons. The number of rotatable bonds is 8. The molecule has 0 aromatic heterocycles. The fourth-order valence-corrected chi connectivity index (χ4v) is 5.14. The smallest absolute Gasteiger partial charge is 0.405 e. The number of benzene rings is 2. The van der Waals surface area contributed by atoms with Crippen LogP contribution in [0.4, 0.5) is 13.2 Å². The number of hydrogen-bond acceptors (Lipinski definition) is 5. The number of carbonyl (C=O) groups excluding carboxylic acids is 1. The zero-order chi connectivity index (χ0) is 24.9. The molecule has 2 aromatic rings. The summed E-state index contributed by atoms with van der Waals surface area (Å²) < 4.78 is 68.0. The maximum atomic E-state index is 13.0. The van der Waals surface area contributed by atoms with Gasteiger partial charge in [-0.2, -0.15) is 0 Å². The molecule has 1 amide bonds. The molecule has 0 aliphatic carbocycles. The van der Waals surface area contributed by atoms with Gasteiger partial charge in [-0.3, -0.25) is 9.69 Å². The van der Waals surface area contributed by atoms with Crippen LogP contribution in [0.2, 0.25) is 5.02 Å². The number of piperidine rings is 1. The zero-order valence-corrected chi connectivity index (χ0v) is 20.2. The van der Waals surface area contributed by atoms with Gasteiger partial charge in [-0.15, -0.1) is 13.2 Å². The Morgan fingerprint density at radius 3 is 2.44 bits per heavy atom. The summed E-state index contributed by atoms with van der Waals surface area (Å²) in [5.74, 6) is -1.23. The summed E-state index contributed by atoms with van der Waals surface area (Å²) in [4.78, 5) is 14.8. The van der Waals surface area contributed by atoms with Crippen LogP contribution >= 0.6 is 11.6 Å². The molecule has 0 saturated carbocycles. The first-order chi connectivity index (χ1) is 16.0. The molecule has 0 atom stereocenters. The molecule has 1 heterocycles. The van der Waals surface area contributed by atoms with Gasteiger partial charge < -0.3 is 10.1 Å². The number of nitrogens with one attached hydrogen (secondary N) is 1. The second-order valence-corrected chi connectivity index (χ2v) is 10.7.